The molecule has 120 valence electrons. The zero-order valence-corrected chi connectivity index (χ0v) is 13.6. The summed E-state index contributed by atoms with van der Waals surface area (Å²) in [5, 5.41) is 5.86. The predicted molar refractivity (Wildman–Crippen MR) is 92.8 cm³/mol. The Bertz CT molecular complexity index is 676. The van der Waals surface area contributed by atoms with Crippen molar-refractivity contribution in [1.82, 2.24) is 4.90 Å². The van der Waals surface area contributed by atoms with Gasteiger partial charge in [-0.3, -0.25) is 9.59 Å². The van der Waals surface area contributed by atoms with Crippen molar-refractivity contribution in [3.63, 3.8) is 0 Å². The van der Waals surface area contributed by atoms with Crippen molar-refractivity contribution in [2.45, 2.75) is 6.92 Å². The van der Waals surface area contributed by atoms with Crippen molar-refractivity contribution < 1.29 is 9.59 Å². The largest absolute Gasteiger partial charge is 0.376 e. The van der Waals surface area contributed by atoms with Crippen molar-refractivity contribution in [3.8, 4) is 0 Å². The van der Waals surface area contributed by atoms with Crippen molar-refractivity contribution in [3.05, 3.63) is 59.7 Å². The minimum absolute atomic E-state index is 0.0658. The van der Waals surface area contributed by atoms with Crippen LogP contribution in [0.1, 0.15) is 15.9 Å². The summed E-state index contributed by atoms with van der Waals surface area (Å²) in [5.74, 6) is -0.207. The Morgan fingerprint density at radius 1 is 0.913 bits per heavy atom. The van der Waals surface area contributed by atoms with E-state index in [0.29, 0.717) is 11.3 Å². The Morgan fingerprint density at radius 3 is 2.04 bits per heavy atom. The van der Waals surface area contributed by atoms with Crippen LogP contribution >= 0.6 is 0 Å². The third-order valence-corrected chi connectivity index (χ3v) is 3.33. The molecule has 0 aliphatic rings. The number of nitrogens with one attached hydrogen (secondary N) is 2. The minimum Gasteiger partial charge on any atom is -0.376 e. The van der Waals surface area contributed by atoms with Gasteiger partial charge in [-0.2, -0.15) is 0 Å². The van der Waals surface area contributed by atoms with Gasteiger partial charge in [0.15, 0.2) is 0 Å². The monoisotopic (exact) mass is 311 g/mol. The van der Waals surface area contributed by atoms with Crippen LogP contribution in [0.3, 0.4) is 0 Å². The van der Waals surface area contributed by atoms with Crippen molar-refractivity contribution in [1.29, 1.82) is 0 Å². The van der Waals surface area contributed by atoms with Crippen LogP contribution in [0.2, 0.25) is 0 Å². The van der Waals surface area contributed by atoms with Gasteiger partial charge in [-0.25, -0.2) is 0 Å². The number of carbonyl (C=O) groups is 2. The van der Waals surface area contributed by atoms with E-state index in [1.165, 1.54) is 10.5 Å². The first-order valence-corrected chi connectivity index (χ1v) is 7.38. The average Bonchev–Trinajstić information content (AvgIpc) is 2.54. The van der Waals surface area contributed by atoms with Gasteiger partial charge in [0, 0.05) is 31.0 Å². The standard InChI is InChI=1S/C18H21N3O2/c1-13-4-8-15(9-5-13)19-12-17(22)20-16-10-6-14(7-11-16)18(23)21(2)3/h4-11,19H,12H2,1-3H3,(H,20,22). The van der Waals surface area contributed by atoms with Crippen LogP contribution in [-0.4, -0.2) is 37.4 Å². The summed E-state index contributed by atoms with van der Waals surface area (Å²) in [5.41, 5.74) is 3.33. The molecule has 0 saturated carbocycles. The summed E-state index contributed by atoms with van der Waals surface area (Å²) < 4.78 is 0. The molecule has 0 radical (unpaired) electrons. The predicted octanol–water partition coefficient (Wildman–Crippen LogP) is 2.75. The first-order chi connectivity index (χ1) is 11.0. The maximum Gasteiger partial charge on any atom is 0.253 e. The van der Waals surface area contributed by atoms with Gasteiger partial charge in [-0.05, 0) is 43.3 Å². The van der Waals surface area contributed by atoms with E-state index in [1.54, 1.807) is 38.4 Å². The van der Waals surface area contributed by atoms with E-state index in [9.17, 15) is 9.59 Å². The normalized spacial score (nSPS) is 10.0. The first-order valence-electron chi connectivity index (χ1n) is 7.38. The second-order valence-corrected chi connectivity index (χ2v) is 5.54. The molecule has 0 saturated heterocycles. The molecule has 0 aliphatic carbocycles. The number of hydrogen-bond acceptors (Lipinski definition) is 3. The van der Waals surface area contributed by atoms with Crippen LogP contribution in [-0.2, 0) is 4.79 Å². The van der Waals surface area contributed by atoms with Gasteiger partial charge in [0.2, 0.25) is 5.91 Å². The Kier molecular flexibility index (Phi) is 5.36. The summed E-state index contributed by atoms with van der Waals surface area (Å²) >= 11 is 0. The number of hydrogen-bond donors (Lipinski definition) is 2. The van der Waals surface area contributed by atoms with Gasteiger partial charge < -0.3 is 15.5 Å². The highest BCUT2D eigenvalue weighted by molar-refractivity contribution is 5.96. The molecule has 2 N–H and O–H groups in total. The number of benzene rings is 2. The molecule has 0 spiro atoms. The van der Waals surface area contributed by atoms with Gasteiger partial charge in [-0.15, -0.1) is 0 Å². The number of anilines is 2. The molecular formula is C18H21N3O2. The lowest BCUT2D eigenvalue weighted by atomic mass is 10.2. The quantitative estimate of drug-likeness (QED) is 0.892. The molecule has 2 amide bonds. The highest BCUT2D eigenvalue weighted by Gasteiger charge is 2.08. The van der Waals surface area contributed by atoms with E-state index in [-0.39, 0.29) is 18.4 Å². The van der Waals surface area contributed by atoms with Crippen molar-refractivity contribution in [2.75, 3.05) is 31.3 Å². The number of carbonyl (C=O) groups excluding carboxylic acids is 2. The summed E-state index contributed by atoms with van der Waals surface area (Å²) in [6.45, 7) is 2.20. The molecule has 2 rings (SSSR count). The molecule has 5 heteroatoms. The smallest absolute Gasteiger partial charge is 0.253 e. The van der Waals surface area contributed by atoms with Crippen molar-refractivity contribution >= 4 is 23.2 Å². The molecule has 23 heavy (non-hydrogen) atoms. The summed E-state index contributed by atoms with van der Waals surface area (Å²) in [4.78, 5) is 25.2. The van der Waals surface area contributed by atoms with Crippen LogP contribution in [0, 0.1) is 6.92 Å². The van der Waals surface area contributed by atoms with E-state index in [1.807, 2.05) is 31.2 Å². The molecule has 2 aromatic rings. The van der Waals surface area contributed by atoms with E-state index in [4.69, 9.17) is 0 Å². The van der Waals surface area contributed by atoms with Crippen LogP contribution in [0.4, 0.5) is 11.4 Å². The first kappa shape index (κ1) is 16.5. The summed E-state index contributed by atoms with van der Waals surface area (Å²) in [6, 6.07) is 14.7. The van der Waals surface area contributed by atoms with Gasteiger partial charge >= 0.3 is 0 Å². The molecule has 0 aliphatic heterocycles. The fraction of sp³-hybridized carbons (Fsp3) is 0.222. The maximum atomic E-state index is 11.9. The minimum atomic E-state index is -0.141. The van der Waals surface area contributed by atoms with Crippen LogP contribution < -0.4 is 10.6 Å². The van der Waals surface area contributed by atoms with E-state index in [2.05, 4.69) is 10.6 Å². The third kappa shape index (κ3) is 4.85. The van der Waals surface area contributed by atoms with E-state index < -0.39 is 0 Å². The molecule has 0 bridgehead atoms. The average molecular weight is 311 g/mol. The molecule has 5 nitrogen and oxygen atoms in total. The Balaban J connectivity index is 1.87. The molecule has 0 fully saturated rings. The Labute approximate surface area is 136 Å². The fourth-order valence-electron chi connectivity index (χ4n) is 2.01. The lowest BCUT2D eigenvalue weighted by Crippen LogP contribution is -2.22. The Morgan fingerprint density at radius 2 is 1.48 bits per heavy atom. The number of rotatable bonds is 5. The van der Waals surface area contributed by atoms with Crippen molar-refractivity contribution in [2.24, 2.45) is 0 Å². The lowest BCUT2D eigenvalue weighted by Gasteiger charge is -2.11. The van der Waals surface area contributed by atoms with Gasteiger partial charge in [0.1, 0.15) is 0 Å². The number of aryl methyl sites for hydroxylation is 1. The second-order valence-electron chi connectivity index (χ2n) is 5.54. The molecule has 0 aromatic heterocycles. The molecule has 0 heterocycles. The lowest BCUT2D eigenvalue weighted by molar-refractivity contribution is -0.114. The van der Waals surface area contributed by atoms with Crippen LogP contribution in [0.25, 0.3) is 0 Å². The van der Waals surface area contributed by atoms with Gasteiger partial charge in [0.05, 0.1) is 6.54 Å². The number of amides is 2. The molecular weight excluding hydrogens is 290 g/mol. The van der Waals surface area contributed by atoms with E-state index in [0.717, 1.165) is 5.69 Å². The van der Waals surface area contributed by atoms with Gasteiger partial charge in [0.25, 0.3) is 5.91 Å². The third-order valence-electron chi connectivity index (χ3n) is 3.33. The SMILES string of the molecule is Cc1ccc(NCC(=O)Nc2ccc(C(=O)N(C)C)cc2)cc1. The molecule has 0 atom stereocenters. The Hall–Kier alpha value is -2.82. The van der Waals surface area contributed by atoms with Crippen LogP contribution in [0.5, 0.6) is 0 Å². The highest BCUT2D eigenvalue weighted by atomic mass is 16.2. The topological polar surface area (TPSA) is 61.4 Å². The zero-order valence-electron chi connectivity index (χ0n) is 13.6. The second kappa shape index (κ2) is 7.45. The van der Waals surface area contributed by atoms with Crippen LogP contribution in [0.15, 0.2) is 48.5 Å². The van der Waals surface area contributed by atoms with E-state index >= 15 is 0 Å². The summed E-state index contributed by atoms with van der Waals surface area (Å²) in [6.07, 6.45) is 0. The zero-order chi connectivity index (χ0) is 16.8. The molecule has 2 aromatic carbocycles. The summed E-state index contributed by atoms with van der Waals surface area (Å²) in [7, 11) is 3.41. The number of nitrogens with zero attached hydrogens (tertiary/aromatic N) is 1. The maximum absolute atomic E-state index is 11.9. The van der Waals surface area contributed by atoms with Gasteiger partial charge in [-0.1, -0.05) is 17.7 Å². The molecule has 0 unspecified atom stereocenters. The fourth-order valence-corrected chi connectivity index (χ4v) is 2.01. The highest BCUT2D eigenvalue weighted by Crippen LogP contribution is 2.11.